The molecular formula is C16H34O3. The first-order valence-electron chi connectivity index (χ1n) is 7.54. The van der Waals surface area contributed by atoms with Crippen LogP contribution in [0.2, 0.25) is 0 Å². The largest absolute Gasteiger partial charge is 0.376 e. The van der Waals surface area contributed by atoms with Gasteiger partial charge in [0, 0.05) is 6.61 Å². The summed E-state index contributed by atoms with van der Waals surface area (Å²) in [5.74, 6) is 0.681. The molecule has 0 N–H and O–H groups in total. The van der Waals surface area contributed by atoms with Crippen LogP contribution in [0.1, 0.15) is 54.9 Å². The van der Waals surface area contributed by atoms with E-state index in [2.05, 4.69) is 34.6 Å². The summed E-state index contributed by atoms with van der Waals surface area (Å²) < 4.78 is 17.1. The second-order valence-corrected chi connectivity index (χ2v) is 6.90. The van der Waals surface area contributed by atoms with Gasteiger partial charge in [-0.05, 0) is 31.6 Å². The molecule has 0 rings (SSSR count). The molecule has 0 saturated carbocycles. The summed E-state index contributed by atoms with van der Waals surface area (Å²) in [5.41, 5.74) is 0.107. The topological polar surface area (TPSA) is 27.7 Å². The lowest BCUT2D eigenvalue weighted by molar-refractivity contribution is -0.0809. The van der Waals surface area contributed by atoms with Crippen molar-refractivity contribution in [2.75, 3.05) is 26.4 Å². The van der Waals surface area contributed by atoms with E-state index in [1.54, 1.807) is 0 Å². The first kappa shape index (κ1) is 18.9. The van der Waals surface area contributed by atoms with Crippen molar-refractivity contribution < 1.29 is 14.2 Å². The van der Waals surface area contributed by atoms with Crippen LogP contribution in [-0.4, -0.2) is 38.6 Å². The molecular weight excluding hydrogens is 240 g/mol. The van der Waals surface area contributed by atoms with Gasteiger partial charge in [-0.1, -0.05) is 34.6 Å². The van der Waals surface area contributed by atoms with Crippen LogP contribution in [-0.2, 0) is 14.2 Å². The summed E-state index contributed by atoms with van der Waals surface area (Å²) in [4.78, 5) is 0. The maximum absolute atomic E-state index is 5.98. The van der Waals surface area contributed by atoms with Crippen molar-refractivity contribution >= 4 is 0 Å². The summed E-state index contributed by atoms with van der Waals surface area (Å²) in [6.45, 7) is 17.8. The lowest BCUT2D eigenvalue weighted by Gasteiger charge is -2.30. The monoisotopic (exact) mass is 274 g/mol. The quantitative estimate of drug-likeness (QED) is 0.565. The smallest absolute Gasteiger partial charge is 0.0856 e. The van der Waals surface area contributed by atoms with E-state index in [4.69, 9.17) is 14.2 Å². The Morgan fingerprint density at radius 3 is 1.95 bits per heavy atom. The Morgan fingerprint density at radius 2 is 1.47 bits per heavy atom. The minimum atomic E-state index is 0.107. The Kier molecular flexibility index (Phi) is 9.67. The third-order valence-electron chi connectivity index (χ3n) is 2.93. The molecule has 0 aromatic rings. The fourth-order valence-corrected chi connectivity index (χ4v) is 1.53. The van der Waals surface area contributed by atoms with Crippen molar-refractivity contribution in [1.82, 2.24) is 0 Å². The van der Waals surface area contributed by atoms with Gasteiger partial charge in [0.1, 0.15) is 0 Å². The summed E-state index contributed by atoms with van der Waals surface area (Å²) in [7, 11) is 0. The van der Waals surface area contributed by atoms with Crippen LogP contribution in [0.4, 0.5) is 0 Å². The average Bonchev–Trinajstić information content (AvgIpc) is 2.23. The lowest BCUT2D eigenvalue weighted by atomic mass is 9.89. The van der Waals surface area contributed by atoms with Crippen LogP contribution >= 0.6 is 0 Å². The summed E-state index contributed by atoms with van der Waals surface area (Å²) in [5, 5.41) is 0. The van der Waals surface area contributed by atoms with Crippen LogP contribution in [0.15, 0.2) is 0 Å². The normalized spacial score (nSPS) is 14.4. The SMILES string of the molecule is CC(C)CCOC(COCCOC(C)C)C(C)(C)C. The third-order valence-corrected chi connectivity index (χ3v) is 2.93. The molecule has 0 spiro atoms. The Bertz CT molecular complexity index is 207. The zero-order chi connectivity index (χ0) is 14.9. The first-order chi connectivity index (χ1) is 8.73. The maximum Gasteiger partial charge on any atom is 0.0856 e. The van der Waals surface area contributed by atoms with Crippen LogP contribution < -0.4 is 0 Å². The van der Waals surface area contributed by atoms with Crippen LogP contribution in [0.5, 0.6) is 0 Å². The Hall–Kier alpha value is -0.120. The Morgan fingerprint density at radius 1 is 0.842 bits per heavy atom. The summed E-state index contributed by atoms with van der Waals surface area (Å²) in [6, 6.07) is 0. The molecule has 0 aromatic heterocycles. The summed E-state index contributed by atoms with van der Waals surface area (Å²) >= 11 is 0. The first-order valence-corrected chi connectivity index (χ1v) is 7.54. The standard InChI is InChI=1S/C16H34O3/c1-13(2)8-9-19-15(16(5,6)7)12-17-10-11-18-14(3)4/h13-15H,8-12H2,1-7H3. The average molecular weight is 274 g/mol. The molecule has 0 aliphatic carbocycles. The molecule has 0 bridgehead atoms. The number of rotatable bonds is 10. The van der Waals surface area contributed by atoms with E-state index in [1.165, 1.54) is 0 Å². The molecule has 0 aliphatic rings. The van der Waals surface area contributed by atoms with Crippen molar-refractivity contribution in [1.29, 1.82) is 0 Å². The zero-order valence-corrected chi connectivity index (χ0v) is 14.0. The highest BCUT2D eigenvalue weighted by molar-refractivity contribution is 4.74. The molecule has 116 valence electrons. The second-order valence-electron chi connectivity index (χ2n) is 6.90. The fourth-order valence-electron chi connectivity index (χ4n) is 1.53. The van der Waals surface area contributed by atoms with Gasteiger partial charge in [0.25, 0.3) is 0 Å². The van der Waals surface area contributed by atoms with Crippen molar-refractivity contribution in [3.8, 4) is 0 Å². The minimum absolute atomic E-state index is 0.107. The molecule has 19 heavy (non-hydrogen) atoms. The molecule has 0 fully saturated rings. The van der Waals surface area contributed by atoms with Gasteiger partial charge < -0.3 is 14.2 Å². The lowest BCUT2D eigenvalue weighted by Crippen LogP contribution is -2.34. The maximum atomic E-state index is 5.98. The molecule has 3 heteroatoms. The highest BCUT2D eigenvalue weighted by Crippen LogP contribution is 2.23. The molecule has 0 saturated heterocycles. The van der Waals surface area contributed by atoms with Crippen LogP contribution in [0.25, 0.3) is 0 Å². The predicted octanol–water partition coefficient (Wildman–Crippen LogP) is 3.91. The van der Waals surface area contributed by atoms with Gasteiger partial charge in [-0.15, -0.1) is 0 Å². The van der Waals surface area contributed by atoms with E-state index < -0.39 is 0 Å². The summed E-state index contributed by atoms with van der Waals surface area (Å²) in [6.07, 6.45) is 1.51. The van der Waals surface area contributed by atoms with Gasteiger partial charge in [0.05, 0.1) is 32.0 Å². The van der Waals surface area contributed by atoms with Gasteiger partial charge in [-0.2, -0.15) is 0 Å². The van der Waals surface area contributed by atoms with Crippen LogP contribution in [0.3, 0.4) is 0 Å². The van der Waals surface area contributed by atoms with Gasteiger partial charge in [0.15, 0.2) is 0 Å². The van der Waals surface area contributed by atoms with E-state index in [9.17, 15) is 0 Å². The van der Waals surface area contributed by atoms with Crippen molar-refractivity contribution in [2.45, 2.75) is 67.1 Å². The Balaban J connectivity index is 3.88. The van der Waals surface area contributed by atoms with Crippen molar-refractivity contribution in [2.24, 2.45) is 11.3 Å². The fraction of sp³-hybridized carbons (Fsp3) is 1.00. The predicted molar refractivity (Wildman–Crippen MR) is 80.6 cm³/mol. The Labute approximate surface area is 120 Å². The molecule has 1 unspecified atom stereocenters. The van der Waals surface area contributed by atoms with Gasteiger partial charge >= 0.3 is 0 Å². The number of hydrogen-bond acceptors (Lipinski definition) is 3. The van der Waals surface area contributed by atoms with Crippen molar-refractivity contribution in [3.05, 3.63) is 0 Å². The highest BCUT2D eigenvalue weighted by atomic mass is 16.5. The van der Waals surface area contributed by atoms with E-state index in [1.807, 2.05) is 13.8 Å². The molecule has 3 nitrogen and oxygen atoms in total. The van der Waals surface area contributed by atoms with E-state index >= 15 is 0 Å². The van der Waals surface area contributed by atoms with E-state index in [0.717, 1.165) is 13.0 Å². The van der Waals surface area contributed by atoms with Gasteiger partial charge in [-0.25, -0.2) is 0 Å². The number of hydrogen-bond donors (Lipinski definition) is 0. The van der Waals surface area contributed by atoms with Crippen molar-refractivity contribution in [3.63, 3.8) is 0 Å². The zero-order valence-electron chi connectivity index (χ0n) is 14.0. The molecule has 0 heterocycles. The number of ether oxygens (including phenoxy) is 3. The second kappa shape index (κ2) is 9.73. The van der Waals surface area contributed by atoms with Gasteiger partial charge in [0.2, 0.25) is 0 Å². The van der Waals surface area contributed by atoms with E-state index in [-0.39, 0.29) is 17.6 Å². The van der Waals surface area contributed by atoms with Crippen LogP contribution in [0, 0.1) is 11.3 Å². The molecule has 1 atom stereocenters. The highest BCUT2D eigenvalue weighted by Gasteiger charge is 2.25. The van der Waals surface area contributed by atoms with E-state index in [0.29, 0.717) is 25.7 Å². The molecule has 0 radical (unpaired) electrons. The van der Waals surface area contributed by atoms with Gasteiger partial charge in [-0.3, -0.25) is 0 Å². The minimum Gasteiger partial charge on any atom is -0.376 e. The third kappa shape index (κ3) is 11.4. The molecule has 0 aromatic carbocycles. The molecule has 0 amide bonds. The molecule has 0 aliphatic heterocycles.